The van der Waals surface area contributed by atoms with Crippen molar-refractivity contribution >= 4 is 87.5 Å². The smallest absolute Gasteiger partial charge is 0.506 e. The summed E-state index contributed by atoms with van der Waals surface area (Å²) in [5.74, 6) is -0.545. The number of nitrogens with zero attached hydrogens (tertiary/aromatic N) is 4. The third-order valence-corrected chi connectivity index (χ3v) is 9.22. The van der Waals surface area contributed by atoms with E-state index in [1.54, 1.807) is 0 Å². The van der Waals surface area contributed by atoms with Gasteiger partial charge in [-0.2, -0.15) is 0 Å². The maximum Gasteiger partial charge on any atom is 1.00 e. The number of sulfonamides is 2. The second-order valence-corrected chi connectivity index (χ2v) is 14.4. The second kappa shape index (κ2) is 17.3. The van der Waals surface area contributed by atoms with Gasteiger partial charge in [0.2, 0.25) is 20.0 Å². The number of phenolic OH excluding ortho intramolecular Hbond substituents is 4. The van der Waals surface area contributed by atoms with Crippen molar-refractivity contribution in [1.82, 2.24) is 0 Å². The average molecular weight is 831 g/mol. The van der Waals surface area contributed by atoms with Gasteiger partial charge in [0.1, 0.15) is 45.7 Å². The first-order valence-electron chi connectivity index (χ1n) is 13.9. The fraction of sp³-hybridized carbons (Fsp3) is 0. The van der Waals surface area contributed by atoms with E-state index >= 15 is 0 Å². The summed E-state index contributed by atoms with van der Waals surface area (Å²) in [6.07, 6.45) is 0. The summed E-state index contributed by atoms with van der Waals surface area (Å²) in [7, 11) is -7.69. The molecule has 6 rings (SSSR count). The topological polar surface area (TPSA) is 251 Å². The summed E-state index contributed by atoms with van der Waals surface area (Å²) in [6, 6.07) is 22.7. The van der Waals surface area contributed by atoms with Gasteiger partial charge in [-0.05, 0) is 83.6 Å². The molecule has 0 radical (unpaired) electrons. The predicted octanol–water partition coefficient (Wildman–Crippen LogP) is 4.94. The van der Waals surface area contributed by atoms with Crippen molar-refractivity contribution in [2.75, 3.05) is 0 Å². The van der Waals surface area contributed by atoms with Gasteiger partial charge in [-0.25, -0.2) is 27.1 Å². The molecule has 0 aliphatic carbocycles. The summed E-state index contributed by atoms with van der Waals surface area (Å²) in [5, 5.41) is 68.3. The quantitative estimate of drug-likeness (QED) is 0.0989. The first kappa shape index (κ1) is 42.6. The zero-order valence-corrected chi connectivity index (χ0v) is 33.0. The molecule has 0 spiro atoms. The van der Waals surface area contributed by atoms with Gasteiger partial charge in [0.15, 0.2) is 0 Å². The van der Waals surface area contributed by atoms with Crippen molar-refractivity contribution in [2.45, 2.75) is 9.79 Å². The van der Waals surface area contributed by atoms with E-state index in [2.05, 4.69) is 20.5 Å². The average Bonchev–Trinajstić information content (AvgIpc) is 3.05. The van der Waals surface area contributed by atoms with Crippen molar-refractivity contribution in [1.29, 1.82) is 0 Å². The molecule has 0 saturated heterocycles. The molecule has 0 amide bonds. The van der Waals surface area contributed by atoms with Crippen molar-refractivity contribution < 1.29 is 84.2 Å². The van der Waals surface area contributed by atoms with Gasteiger partial charge in [0.05, 0.1) is 9.79 Å². The van der Waals surface area contributed by atoms with E-state index in [0.717, 1.165) is 0 Å². The van der Waals surface area contributed by atoms with Crippen molar-refractivity contribution in [3.8, 4) is 23.0 Å². The van der Waals surface area contributed by atoms with E-state index in [-0.39, 0.29) is 102 Å². The Balaban J connectivity index is 0.000000270. The molecular formula is C32H24Cl2CrN6NaO8S2+. The van der Waals surface area contributed by atoms with Crippen LogP contribution in [0.3, 0.4) is 0 Å². The zero-order chi connectivity index (χ0) is 36.4. The van der Waals surface area contributed by atoms with Crippen LogP contribution < -0.4 is 39.8 Å². The molecule has 20 heteroatoms. The minimum Gasteiger partial charge on any atom is -0.506 e. The second-order valence-electron chi connectivity index (χ2n) is 10.4. The fourth-order valence-electron chi connectivity index (χ4n) is 4.49. The maximum absolute atomic E-state index is 11.5. The first-order chi connectivity index (χ1) is 23.5. The number of benzene rings is 6. The van der Waals surface area contributed by atoms with Crippen LogP contribution in [0.4, 0.5) is 22.7 Å². The van der Waals surface area contributed by atoms with E-state index in [4.69, 9.17) is 33.5 Å². The van der Waals surface area contributed by atoms with Gasteiger partial charge in [0, 0.05) is 38.2 Å². The summed E-state index contributed by atoms with van der Waals surface area (Å²) < 4.78 is 45.8. The maximum atomic E-state index is 11.5. The Hall–Kier alpha value is -3.83. The molecule has 0 unspecified atom stereocenters. The van der Waals surface area contributed by atoms with Crippen molar-refractivity contribution in [3.63, 3.8) is 0 Å². The van der Waals surface area contributed by atoms with Crippen LogP contribution in [0.2, 0.25) is 10.0 Å². The van der Waals surface area contributed by atoms with E-state index < -0.39 is 20.0 Å². The minimum atomic E-state index is -3.85. The van der Waals surface area contributed by atoms with Gasteiger partial charge in [-0.3, -0.25) is 0 Å². The van der Waals surface area contributed by atoms with E-state index in [1.165, 1.54) is 97.1 Å². The molecule has 8 N–H and O–H groups in total. The number of hydrogen-bond donors (Lipinski definition) is 6. The Bertz CT molecular complexity index is 2420. The Labute approximate surface area is 339 Å². The summed E-state index contributed by atoms with van der Waals surface area (Å²) in [4.78, 5) is -0.109. The largest absolute Gasteiger partial charge is 1.00 e. The number of primary sulfonamides is 2. The normalized spacial score (nSPS) is 11.6. The van der Waals surface area contributed by atoms with Crippen LogP contribution in [-0.2, 0) is 37.4 Å². The molecule has 0 bridgehead atoms. The number of rotatable bonds is 6. The minimum absolute atomic E-state index is 0. The monoisotopic (exact) mass is 829 g/mol. The molecule has 0 aliphatic rings. The number of nitrogens with two attached hydrogens (primary N) is 2. The van der Waals surface area contributed by atoms with Crippen molar-refractivity contribution in [3.05, 3.63) is 107 Å². The molecule has 6 aromatic rings. The molecule has 0 aliphatic heterocycles. The summed E-state index contributed by atoms with van der Waals surface area (Å²) >= 11 is 11.7. The fourth-order valence-corrected chi connectivity index (χ4v) is 5.92. The number of aromatic hydroxyl groups is 4. The Morgan fingerprint density at radius 3 is 1.17 bits per heavy atom. The molecule has 6 aromatic carbocycles. The molecule has 0 fully saturated rings. The molecular weight excluding hydrogens is 806 g/mol. The van der Waals surface area contributed by atoms with Crippen LogP contribution in [0, 0.1) is 0 Å². The molecule has 14 nitrogen and oxygen atoms in total. The Morgan fingerprint density at radius 1 is 0.481 bits per heavy atom. The summed E-state index contributed by atoms with van der Waals surface area (Å²) in [5.41, 5.74) is 0.505. The third kappa shape index (κ3) is 10.2. The molecule has 0 atom stereocenters. The van der Waals surface area contributed by atoms with Crippen LogP contribution in [-0.4, -0.2) is 37.3 Å². The van der Waals surface area contributed by atoms with Crippen LogP contribution in [0.1, 0.15) is 0 Å². The van der Waals surface area contributed by atoms with Gasteiger partial charge >= 0.3 is 29.6 Å². The van der Waals surface area contributed by atoms with Crippen LogP contribution in [0.15, 0.2) is 127 Å². The number of halogens is 2. The first-order valence-corrected chi connectivity index (χ1v) is 17.7. The number of azo groups is 2. The van der Waals surface area contributed by atoms with Gasteiger partial charge < -0.3 is 20.4 Å². The van der Waals surface area contributed by atoms with Gasteiger partial charge in [-0.15, -0.1) is 20.5 Å². The summed E-state index contributed by atoms with van der Waals surface area (Å²) in [6.45, 7) is 0. The van der Waals surface area contributed by atoms with Crippen LogP contribution >= 0.6 is 23.2 Å². The van der Waals surface area contributed by atoms with Gasteiger partial charge in [-0.1, -0.05) is 47.5 Å². The predicted molar refractivity (Wildman–Crippen MR) is 189 cm³/mol. The van der Waals surface area contributed by atoms with Gasteiger partial charge in [0.25, 0.3) is 0 Å². The van der Waals surface area contributed by atoms with Crippen LogP contribution in [0.5, 0.6) is 23.0 Å². The Kier molecular flexibility index (Phi) is 14.2. The Morgan fingerprint density at radius 2 is 0.827 bits per heavy atom. The van der Waals surface area contributed by atoms with E-state index in [9.17, 15) is 37.3 Å². The third-order valence-electron chi connectivity index (χ3n) is 6.93. The number of phenols is 4. The van der Waals surface area contributed by atoms with E-state index in [1.807, 2.05) is 0 Å². The number of hydrogen-bond acceptors (Lipinski definition) is 12. The molecule has 52 heavy (non-hydrogen) atoms. The molecule has 0 aromatic heterocycles. The van der Waals surface area contributed by atoms with Crippen molar-refractivity contribution in [2.24, 2.45) is 30.7 Å². The zero-order valence-electron chi connectivity index (χ0n) is 26.6. The van der Waals surface area contributed by atoms with Crippen LogP contribution in [0.25, 0.3) is 21.5 Å². The SMILES string of the molecule is NS(=O)(=O)c1ccc2c(N=Nc3cc(Cl)ccc3O)c(O)ccc2c1.NS(=O)(=O)c1ccc2c(N=Nc3cc(Cl)ccc3O)c(O)ccc2c1.[Cr].[Na+]. The molecule has 262 valence electrons. The van der Waals surface area contributed by atoms with E-state index in [0.29, 0.717) is 31.6 Å². The standard InChI is InChI=1S/2C16H12ClN3O4S.Cr.Na/c2*17-10-2-6-14(21)13(8-10)19-20-16-12-4-3-11(25(18,23)24)7-9(12)1-5-15(16)22;;/h2*1-8,21-22H,(H2,18,23,24);;/q;;;+1. The molecule has 0 heterocycles. The molecule has 0 saturated carbocycles. The number of fused-ring (bicyclic) bond motifs is 2.